The van der Waals surface area contributed by atoms with Gasteiger partial charge >= 0.3 is 0 Å². The summed E-state index contributed by atoms with van der Waals surface area (Å²) in [4.78, 5) is 10.0. The molecule has 0 atom stereocenters. The lowest BCUT2D eigenvalue weighted by Gasteiger charge is -2.00. The van der Waals surface area contributed by atoms with Gasteiger partial charge < -0.3 is 0 Å². The normalized spacial score (nSPS) is 10.1. The molecule has 0 aliphatic heterocycles. The summed E-state index contributed by atoms with van der Waals surface area (Å²) in [5.41, 5.74) is 1.31. The second kappa shape index (κ2) is 4.10. The van der Waals surface area contributed by atoms with Gasteiger partial charge in [0.15, 0.2) is 0 Å². The highest BCUT2D eigenvalue weighted by atomic mass is 19.1. The van der Waals surface area contributed by atoms with Crippen molar-refractivity contribution in [2.24, 2.45) is 0 Å². The molecule has 0 unspecified atom stereocenters. The zero-order valence-electron chi connectivity index (χ0n) is 8.18. The molecule has 2 aromatic rings. The summed E-state index contributed by atoms with van der Waals surface area (Å²) in [5.74, 6) is -0.333. The molecule has 0 aliphatic carbocycles. The third kappa shape index (κ3) is 2.06. The smallest absolute Gasteiger partial charge is 0.258 e. The fourth-order valence-electron chi connectivity index (χ4n) is 1.38. The van der Waals surface area contributed by atoms with Crippen LogP contribution in [0.1, 0.15) is 0 Å². The van der Waals surface area contributed by atoms with E-state index in [1.54, 1.807) is 18.2 Å². The second-order valence-electron chi connectivity index (χ2n) is 3.23. The maximum absolute atomic E-state index is 12.7. The number of non-ortho nitro benzene ring substituents is 1. The Kier molecular flexibility index (Phi) is 2.64. The minimum absolute atomic E-state index is 0.0955. The van der Waals surface area contributed by atoms with Gasteiger partial charge in [-0.25, -0.2) is 4.39 Å². The van der Waals surface area contributed by atoms with Crippen LogP contribution in [-0.2, 0) is 0 Å². The topological polar surface area (TPSA) is 43.1 Å². The first-order valence-electron chi connectivity index (χ1n) is 4.59. The van der Waals surface area contributed by atoms with Crippen molar-refractivity contribution >= 4 is 5.69 Å². The minimum Gasteiger partial charge on any atom is -0.258 e. The van der Waals surface area contributed by atoms with Gasteiger partial charge in [-0.2, -0.15) is 0 Å². The zero-order valence-corrected chi connectivity index (χ0v) is 8.18. The monoisotopic (exact) mass is 216 g/mol. The molecule has 1 radical (unpaired) electrons. The number of nitro benzene ring substituents is 1. The van der Waals surface area contributed by atoms with Crippen LogP contribution < -0.4 is 0 Å². The number of benzene rings is 2. The highest BCUT2D eigenvalue weighted by molar-refractivity contribution is 5.65. The van der Waals surface area contributed by atoms with Gasteiger partial charge in [0, 0.05) is 6.07 Å². The largest absolute Gasteiger partial charge is 0.278 e. The molecule has 0 aromatic heterocycles. The van der Waals surface area contributed by atoms with E-state index in [2.05, 4.69) is 6.07 Å². The molecular weight excluding hydrogens is 209 g/mol. The Balaban J connectivity index is 2.44. The van der Waals surface area contributed by atoms with Gasteiger partial charge in [-0.15, -0.1) is 0 Å². The number of hydrogen-bond donors (Lipinski definition) is 0. The molecule has 2 rings (SSSR count). The molecule has 3 nitrogen and oxygen atoms in total. The Morgan fingerprint density at radius 2 is 1.81 bits per heavy atom. The van der Waals surface area contributed by atoms with Crippen molar-refractivity contribution in [3.63, 3.8) is 0 Å². The van der Waals surface area contributed by atoms with Gasteiger partial charge in [-0.1, -0.05) is 18.2 Å². The van der Waals surface area contributed by atoms with Gasteiger partial charge in [0.25, 0.3) is 5.69 Å². The van der Waals surface area contributed by atoms with Crippen LogP contribution >= 0.6 is 0 Å². The molecule has 0 bridgehead atoms. The summed E-state index contributed by atoms with van der Waals surface area (Å²) >= 11 is 0. The zero-order chi connectivity index (χ0) is 11.5. The maximum atomic E-state index is 12.7. The van der Waals surface area contributed by atoms with Crippen LogP contribution in [-0.4, -0.2) is 4.92 Å². The Bertz CT molecular complexity index is 523. The first-order valence-corrected chi connectivity index (χ1v) is 4.59. The Morgan fingerprint density at radius 3 is 2.44 bits per heavy atom. The lowest BCUT2D eigenvalue weighted by Crippen LogP contribution is -1.88. The third-order valence-electron chi connectivity index (χ3n) is 2.16. The van der Waals surface area contributed by atoms with E-state index in [1.165, 1.54) is 24.3 Å². The van der Waals surface area contributed by atoms with Crippen molar-refractivity contribution in [3.05, 3.63) is 64.5 Å². The molecule has 0 spiro atoms. The molecule has 4 heteroatoms. The molecule has 0 saturated heterocycles. The quantitative estimate of drug-likeness (QED) is 0.571. The summed E-state index contributed by atoms with van der Waals surface area (Å²) in [6, 6.07) is 12.9. The predicted octanol–water partition coefficient (Wildman–Crippen LogP) is 3.20. The van der Waals surface area contributed by atoms with E-state index in [4.69, 9.17) is 0 Å². The van der Waals surface area contributed by atoms with E-state index in [-0.39, 0.29) is 11.5 Å². The molecule has 16 heavy (non-hydrogen) atoms. The minimum atomic E-state index is -0.507. The molecule has 2 aromatic carbocycles. The lowest BCUT2D eigenvalue weighted by molar-refractivity contribution is -0.385. The van der Waals surface area contributed by atoms with Crippen molar-refractivity contribution in [3.8, 4) is 11.1 Å². The van der Waals surface area contributed by atoms with Crippen molar-refractivity contribution in [2.45, 2.75) is 0 Å². The van der Waals surface area contributed by atoms with Crippen LogP contribution in [0.15, 0.2) is 42.5 Å². The second-order valence-corrected chi connectivity index (χ2v) is 3.23. The van der Waals surface area contributed by atoms with Crippen LogP contribution in [0.25, 0.3) is 11.1 Å². The van der Waals surface area contributed by atoms with E-state index in [0.29, 0.717) is 5.56 Å². The van der Waals surface area contributed by atoms with Gasteiger partial charge in [-0.3, -0.25) is 10.1 Å². The summed E-state index contributed by atoms with van der Waals surface area (Å²) in [6.45, 7) is 0. The van der Waals surface area contributed by atoms with Crippen LogP contribution in [0.3, 0.4) is 0 Å². The van der Waals surface area contributed by atoms with Gasteiger partial charge in [-0.05, 0) is 29.3 Å². The molecule has 0 saturated carbocycles. The average Bonchev–Trinajstić information content (AvgIpc) is 2.30. The Labute approximate surface area is 91.3 Å². The Morgan fingerprint density at radius 1 is 1.12 bits per heavy atom. The fourth-order valence-corrected chi connectivity index (χ4v) is 1.38. The first-order chi connectivity index (χ1) is 7.66. The van der Waals surface area contributed by atoms with Crippen LogP contribution in [0.2, 0.25) is 0 Å². The highest BCUT2D eigenvalue weighted by Gasteiger charge is 2.07. The van der Waals surface area contributed by atoms with E-state index in [1.807, 2.05) is 0 Å². The van der Waals surface area contributed by atoms with Crippen LogP contribution in [0.5, 0.6) is 0 Å². The molecule has 0 amide bonds. The molecular formula is C12H7FNO2. The van der Waals surface area contributed by atoms with E-state index < -0.39 is 4.92 Å². The van der Waals surface area contributed by atoms with Crippen molar-refractivity contribution in [2.75, 3.05) is 0 Å². The molecule has 0 fully saturated rings. The van der Waals surface area contributed by atoms with Gasteiger partial charge in [0.05, 0.1) is 11.0 Å². The van der Waals surface area contributed by atoms with E-state index in [0.717, 1.165) is 5.56 Å². The number of rotatable bonds is 2. The summed E-state index contributed by atoms with van der Waals surface area (Å²) in [6.07, 6.45) is 0. The number of nitrogens with zero attached hydrogens (tertiary/aromatic N) is 1. The predicted molar refractivity (Wildman–Crippen MR) is 57.3 cm³/mol. The van der Waals surface area contributed by atoms with Crippen molar-refractivity contribution < 1.29 is 9.31 Å². The molecule has 0 heterocycles. The highest BCUT2D eigenvalue weighted by Crippen LogP contribution is 2.23. The summed E-state index contributed by atoms with van der Waals surface area (Å²) < 4.78 is 12.7. The number of nitro groups is 1. The molecule has 79 valence electrons. The number of halogens is 1. The average molecular weight is 216 g/mol. The van der Waals surface area contributed by atoms with Crippen LogP contribution in [0.4, 0.5) is 10.1 Å². The molecule has 0 N–H and O–H groups in total. The van der Waals surface area contributed by atoms with Crippen molar-refractivity contribution in [1.29, 1.82) is 0 Å². The summed E-state index contributed by atoms with van der Waals surface area (Å²) in [5, 5.41) is 10.6. The van der Waals surface area contributed by atoms with Gasteiger partial charge in [0.2, 0.25) is 0 Å². The fraction of sp³-hybridized carbons (Fsp3) is 0. The SMILES string of the molecule is O=[N+]([O-])c1[c]ccc(-c2ccc(F)cc2)c1. The maximum Gasteiger partial charge on any atom is 0.278 e. The van der Waals surface area contributed by atoms with Gasteiger partial charge in [0.1, 0.15) is 5.82 Å². The standard InChI is InChI=1S/C12H7FNO2/c13-11-6-4-9(5-7-11)10-2-1-3-12(8-10)14(15)16/h1-2,4-8H. The number of hydrogen-bond acceptors (Lipinski definition) is 2. The third-order valence-corrected chi connectivity index (χ3v) is 2.16. The lowest BCUT2D eigenvalue weighted by atomic mass is 10.1. The van der Waals surface area contributed by atoms with Crippen molar-refractivity contribution in [1.82, 2.24) is 0 Å². The first kappa shape index (κ1) is 10.3. The molecule has 0 aliphatic rings. The van der Waals surface area contributed by atoms with Crippen LogP contribution in [0, 0.1) is 22.0 Å². The Hall–Kier alpha value is -2.23. The van der Waals surface area contributed by atoms with E-state index in [9.17, 15) is 14.5 Å². The summed E-state index contributed by atoms with van der Waals surface area (Å²) in [7, 11) is 0. The van der Waals surface area contributed by atoms with E-state index >= 15 is 0 Å².